The van der Waals surface area contributed by atoms with Gasteiger partial charge in [-0.15, -0.1) is 0 Å². The van der Waals surface area contributed by atoms with Gasteiger partial charge in [-0.05, 0) is 18.6 Å². The molecule has 110 valence electrons. The highest BCUT2D eigenvalue weighted by atomic mass is 16.5. The number of benzene rings is 1. The number of β-amino-alcohol motifs (C(OH)–C–C–N with tert-alkyl or cyclic N) is 1. The topological polar surface area (TPSA) is 70.0 Å². The number of aliphatic hydroxyl groups is 2. The number of carbonyl (C=O) groups is 1. The van der Waals surface area contributed by atoms with Crippen LogP contribution in [0, 0.1) is 5.92 Å². The molecule has 1 saturated heterocycles. The Labute approximate surface area is 118 Å². The highest BCUT2D eigenvalue weighted by Gasteiger charge is 2.29. The van der Waals surface area contributed by atoms with Crippen molar-refractivity contribution in [3.8, 4) is 5.75 Å². The maximum atomic E-state index is 12.0. The molecule has 2 N–H and O–H groups in total. The molecule has 1 heterocycles. The highest BCUT2D eigenvalue weighted by Crippen LogP contribution is 2.18. The Kier molecular flexibility index (Phi) is 5.38. The molecular formula is C15H21NO4. The van der Waals surface area contributed by atoms with Gasteiger partial charge in [0.05, 0.1) is 19.1 Å². The van der Waals surface area contributed by atoms with Gasteiger partial charge in [0.15, 0.2) is 0 Å². The van der Waals surface area contributed by atoms with Crippen LogP contribution in [0.15, 0.2) is 30.3 Å². The normalized spacial score (nSPS) is 22.6. The standard InChI is InChI=1S/C15H21NO4/c17-11-12-6-8-16(10-14(12)18)15(19)7-9-20-13-4-2-1-3-5-13/h1-5,12,14,17-18H,6-11H2/t12-,14+/m1/s1. The van der Waals surface area contributed by atoms with Gasteiger partial charge in [0.1, 0.15) is 5.75 Å². The van der Waals surface area contributed by atoms with Gasteiger partial charge in [-0.2, -0.15) is 0 Å². The van der Waals surface area contributed by atoms with E-state index in [2.05, 4.69) is 0 Å². The monoisotopic (exact) mass is 279 g/mol. The molecule has 5 heteroatoms. The molecule has 0 radical (unpaired) electrons. The number of para-hydroxylation sites is 1. The molecule has 1 amide bonds. The van der Waals surface area contributed by atoms with Gasteiger partial charge in [-0.1, -0.05) is 18.2 Å². The zero-order chi connectivity index (χ0) is 14.4. The molecule has 5 nitrogen and oxygen atoms in total. The summed E-state index contributed by atoms with van der Waals surface area (Å²) in [6.07, 6.45) is 0.307. The lowest BCUT2D eigenvalue weighted by Crippen LogP contribution is -2.47. The van der Waals surface area contributed by atoms with Crippen molar-refractivity contribution < 1.29 is 19.7 Å². The van der Waals surface area contributed by atoms with E-state index in [4.69, 9.17) is 9.84 Å². The molecule has 20 heavy (non-hydrogen) atoms. The molecule has 2 atom stereocenters. The van der Waals surface area contributed by atoms with E-state index in [1.807, 2.05) is 30.3 Å². The Bertz CT molecular complexity index is 423. The molecule has 2 rings (SSSR count). The molecule has 0 spiro atoms. The van der Waals surface area contributed by atoms with Crippen molar-refractivity contribution in [1.82, 2.24) is 4.90 Å². The average molecular weight is 279 g/mol. The van der Waals surface area contributed by atoms with E-state index < -0.39 is 6.10 Å². The highest BCUT2D eigenvalue weighted by molar-refractivity contribution is 5.76. The van der Waals surface area contributed by atoms with Crippen molar-refractivity contribution in [1.29, 1.82) is 0 Å². The average Bonchev–Trinajstić information content (AvgIpc) is 2.48. The number of piperidine rings is 1. The number of aliphatic hydroxyl groups excluding tert-OH is 2. The molecule has 0 saturated carbocycles. The van der Waals surface area contributed by atoms with E-state index in [1.54, 1.807) is 4.90 Å². The third-order valence-corrected chi connectivity index (χ3v) is 3.64. The first-order valence-electron chi connectivity index (χ1n) is 6.95. The molecular weight excluding hydrogens is 258 g/mol. The number of hydrogen-bond donors (Lipinski definition) is 2. The molecule has 1 aromatic rings. The number of rotatable bonds is 5. The fourth-order valence-electron chi connectivity index (χ4n) is 2.35. The Morgan fingerprint density at radius 3 is 2.75 bits per heavy atom. The zero-order valence-electron chi connectivity index (χ0n) is 11.4. The van der Waals surface area contributed by atoms with E-state index in [0.29, 0.717) is 32.5 Å². The third-order valence-electron chi connectivity index (χ3n) is 3.64. The van der Waals surface area contributed by atoms with E-state index >= 15 is 0 Å². The minimum absolute atomic E-state index is 0.0172. The summed E-state index contributed by atoms with van der Waals surface area (Å²) < 4.78 is 5.49. The van der Waals surface area contributed by atoms with Crippen LogP contribution in [0.2, 0.25) is 0 Å². The van der Waals surface area contributed by atoms with Gasteiger partial charge in [0.25, 0.3) is 0 Å². The predicted octanol–water partition coefficient (Wildman–Crippen LogP) is 0.657. The molecule has 0 unspecified atom stereocenters. The van der Waals surface area contributed by atoms with Crippen molar-refractivity contribution in [3.63, 3.8) is 0 Å². The van der Waals surface area contributed by atoms with Crippen molar-refractivity contribution >= 4 is 5.91 Å². The first-order valence-corrected chi connectivity index (χ1v) is 6.95. The Morgan fingerprint density at radius 2 is 2.10 bits per heavy atom. The molecule has 0 aliphatic carbocycles. The summed E-state index contributed by atoms with van der Waals surface area (Å²) in [6, 6.07) is 9.37. The number of hydrogen-bond acceptors (Lipinski definition) is 4. The van der Waals surface area contributed by atoms with E-state index in [0.717, 1.165) is 5.75 Å². The van der Waals surface area contributed by atoms with Gasteiger partial charge in [-0.25, -0.2) is 0 Å². The summed E-state index contributed by atoms with van der Waals surface area (Å²) in [6.45, 7) is 1.20. The van der Waals surface area contributed by atoms with E-state index in [1.165, 1.54) is 0 Å². The lowest BCUT2D eigenvalue weighted by atomic mass is 9.94. The SMILES string of the molecule is O=C(CCOc1ccccc1)N1CC[C@H](CO)[C@@H](O)C1. The second-order valence-electron chi connectivity index (χ2n) is 5.05. The number of ether oxygens (including phenoxy) is 1. The van der Waals surface area contributed by atoms with Gasteiger partial charge in [0, 0.05) is 25.6 Å². The van der Waals surface area contributed by atoms with Gasteiger partial charge in [0.2, 0.25) is 5.91 Å². The molecule has 1 fully saturated rings. The summed E-state index contributed by atoms with van der Waals surface area (Å²) in [5.74, 6) is 0.621. The number of likely N-dealkylation sites (tertiary alicyclic amines) is 1. The van der Waals surface area contributed by atoms with Crippen LogP contribution >= 0.6 is 0 Å². The van der Waals surface area contributed by atoms with Crippen LogP contribution in [0.4, 0.5) is 0 Å². The fourth-order valence-corrected chi connectivity index (χ4v) is 2.35. The molecule has 1 aliphatic heterocycles. The van der Waals surface area contributed by atoms with Gasteiger partial charge in [-0.3, -0.25) is 4.79 Å². The maximum Gasteiger partial charge on any atom is 0.226 e. The number of carbonyl (C=O) groups excluding carboxylic acids is 1. The molecule has 1 aromatic carbocycles. The van der Waals surface area contributed by atoms with Crippen molar-refractivity contribution in [2.24, 2.45) is 5.92 Å². The lowest BCUT2D eigenvalue weighted by molar-refractivity contribution is -0.136. The third kappa shape index (κ3) is 3.95. The predicted molar refractivity (Wildman–Crippen MR) is 74.3 cm³/mol. The summed E-state index contributed by atoms with van der Waals surface area (Å²) in [5.41, 5.74) is 0. The Morgan fingerprint density at radius 1 is 1.35 bits per heavy atom. The first-order chi connectivity index (χ1) is 9.70. The quantitative estimate of drug-likeness (QED) is 0.830. The molecule has 0 bridgehead atoms. The maximum absolute atomic E-state index is 12.0. The molecule has 1 aliphatic rings. The number of nitrogens with zero attached hydrogens (tertiary/aromatic N) is 1. The van der Waals surface area contributed by atoms with Crippen LogP contribution in [0.3, 0.4) is 0 Å². The van der Waals surface area contributed by atoms with Crippen LogP contribution < -0.4 is 4.74 Å². The van der Waals surface area contributed by atoms with Crippen LogP contribution in [0.25, 0.3) is 0 Å². The van der Waals surface area contributed by atoms with Gasteiger partial charge < -0.3 is 19.8 Å². The Hall–Kier alpha value is -1.59. The van der Waals surface area contributed by atoms with Crippen LogP contribution in [-0.4, -0.2) is 53.4 Å². The minimum Gasteiger partial charge on any atom is -0.493 e. The smallest absolute Gasteiger partial charge is 0.226 e. The van der Waals surface area contributed by atoms with Crippen molar-refractivity contribution in [2.75, 3.05) is 26.3 Å². The summed E-state index contributed by atoms with van der Waals surface area (Å²) in [7, 11) is 0. The van der Waals surface area contributed by atoms with E-state index in [-0.39, 0.29) is 18.4 Å². The first kappa shape index (κ1) is 14.8. The van der Waals surface area contributed by atoms with Crippen LogP contribution in [-0.2, 0) is 4.79 Å². The summed E-state index contributed by atoms with van der Waals surface area (Å²) in [5, 5.41) is 18.9. The molecule has 0 aromatic heterocycles. The second kappa shape index (κ2) is 7.26. The number of amides is 1. The summed E-state index contributed by atoms with van der Waals surface area (Å²) >= 11 is 0. The Balaban J connectivity index is 1.73. The zero-order valence-corrected chi connectivity index (χ0v) is 11.4. The van der Waals surface area contributed by atoms with Crippen LogP contribution in [0.1, 0.15) is 12.8 Å². The second-order valence-corrected chi connectivity index (χ2v) is 5.05. The van der Waals surface area contributed by atoms with E-state index in [9.17, 15) is 9.90 Å². The van der Waals surface area contributed by atoms with Crippen molar-refractivity contribution in [3.05, 3.63) is 30.3 Å². The minimum atomic E-state index is -0.632. The summed E-state index contributed by atoms with van der Waals surface area (Å²) in [4.78, 5) is 13.6. The fraction of sp³-hybridized carbons (Fsp3) is 0.533. The largest absolute Gasteiger partial charge is 0.493 e. The van der Waals surface area contributed by atoms with Crippen molar-refractivity contribution in [2.45, 2.75) is 18.9 Å². The van der Waals surface area contributed by atoms with Crippen LogP contribution in [0.5, 0.6) is 5.75 Å². The van der Waals surface area contributed by atoms with Gasteiger partial charge >= 0.3 is 0 Å². The lowest BCUT2D eigenvalue weighted by Gasteiger charge is -2.35.